The Morgan fingerprint density at radius 3 is 2.58 bits per heavy atom. The van der Waals surface area contributed by atoms with Crippen LogP contribution in [0.5, 0.6) is 0 Å². The van der Waals surface area contributed by atoms with Crippen LogP contribution in [0.25, 0.3) is 0 Å². The number of fused-ring (bicyclic) bond motifs is 1. The molecule has 4 rings (SSSR count). The summed E-state index contributed by atoms with van der Waals surface area (Å²) in [5.74, 6) is 1.38. The van der Waals surface area contributed by atoms with E-state index in [2.05, 4.69) is 5.10 Å². The van der Waals surface area contributed by atoms with Crippen molar-refractivity contribution in [3.63, 3.8) is 0 Å². The zero-order valence-corrected chi connectivity index (χ0v) is 15.7. The van der Waals surface area contributed by atoms with Crippen molar-refractivity contribution in [1.29, 1.82) is 0 Å². The van der Waals surface area contributed by atoms with E-state index in [0.717, 1.165) is 5.82 Å². The van der Waals surface area contributed by atoms with Crippen molar-refractivity contribution in [3.8, 4) is 0 Å². The van der Waals surface area contributed by atoms with Crippen molar-refractivity contribution < 1.29 is 8.42 Å². The van der Waals surface area contributed by atoms with Gasteiger partial charge in [-0.1, -0.05) is 18.2 Å². The van der Waals surface area contributed by atoms with Crippen molar-refractivity contribution in [2.75, 3.05) is 7.05 Å². The van der Waals surface area contributed by atoms with E-state index in [1.807, 2.05) is 0 Å². The van der Waals surface area contributed by atoms with Gasteiger partial charge in [0.1, 0.15) is 5.82 Å². The number of sulfonamides is 1. The van der Waals surface area contributed by atoms with E-state index in [4.69, 9.17) is 0 Å². The lowest BCUT2D eigenvalue weighted by atomic mass is 10.1. The number of aromatic nitrogens is 3. The molecule has 1 fully saturated rings. The molecule has 1 aromatic heterocycles. The van der Waals surface area contributed by atoms with Gasteiger partial charge in [0, 0.05) is 32.6 Å². The second-order valence-corrected chi connectivity index (χ2v) is 9.29. The second-order valence-electron chi connectivity index (χ2n) is 7.29. The van der Waals surface area contributed by atoms with Crippen molar-refractivity contribution in [2.24, 2.45) is 5.92 Å². The fourth-order valence-corrected chi connectivity index (χ4v) is 5.03. The summed E-state index contributed by atoms with van der Waals surface area (Å²) in [4.78, 5) is 12.9. The average Bonchev–Trinajstić information content (AvgIpc) is 3.44. The Morgan fingerprint density at radius 1 is 1.15 bits per heavy atom. The summed E-state index contributed by atoms with van der Waals surface area (Å²) in [6.45, 7) is 1.22. The fourth-order valence-electron chi connectivity index (χ4n) is 3.60. The molecule has 7 nitrogen and oxygen atoms in total. The van der Waals surface area contributed by atoms with E-state index in [0.29, 0.717) is 43.2 Å². The smallest absolute Gasteiger partial charge is 0.279 e. The first-order valence-electron chi connectivity index (χ1n) is 9.16. The molecule has 0 spiro atoms. The highest BCUT2D eigenvalue weighted by molar-refractivity contribution is 7.89. The molecule has 0 amide bonds. The predicted molar refractivity (Wildman–Crippen MR) is 97.3 cm³/mol. The van der Waals surface area contributed by atoms with Crippen LogP contribution in [0.4, 0.5) is 0 Å². The molecule has 26 heavy (non-hydrogen) atoms. The molecular formula is C18H24N4O3S. The zero-order chi connectivity index (χ0) is 18.3. The Kier molecular flexibility index (Phi) is 4.48. The van der Waals surface area contributed by atoms with Gasteiger partial charge in [-0.15, -0.1) is 0 Å². The third kappa shape index (κ3) is 3.23. The van der Waals surface area contributed by atoms with E-state index in [1.165, 1.54) is 17.1 Å². The quantitative estimate of drug-likeness (QED) is 0.792. The van der Waals surface area contributed by atoms with Gasteiger partial charge in [-0.25, -0.2) is 17.9 Å². The summed E-state index contributed by atoms with van der Waals surface area (Å²) in [5.41, 5.74) is -0.0545. The van der Waals surface area contributed by atoms with Crippen LogP contribution in [0.2, 0.25) is 0 Å². The zero-order valence-electron chi connectivity index (χ0n) is 14.9. The summed E-state index contributed by atoms with van der Waals surface area (Å²) in [6.07, 6.45) is 4.26. The highest BCUT2D eigenvalue weighted by atomic mass is 32.2. The number of benzene rings is 1. The molecule has 1 aliphatic carbocycles. The van der Waals surface area contributed by atoms with E-state index in [-0.39, 0.29) is 11.7 Å². The third-order valence-corrected chi connectivity index (χ3v) is 7.37. The molecular weight excluding hydrogens is 352 g/mol. The molecule has 0 saturated heterocycles. The van der Waals surface area contributed by atoms with Crippen LogP contribution in [0.15, 0.2) is 40.0 Å². The molecule has 0 bridgehead atoms. The minimum absolute atomic E-state index is 0.0545. The Morgan fingerprint density at radius 2 is 1.88 bits per heavy atom. The molecule has 2 aliphatic rings. The fraction of sp³-hybridized carbons (Fsp3) is 0.556. The van der Waals surface area contributed by atoms with Crippen LogP contribution in [0.3, 0.4) is 0 Å². The van der Waals surface area contributed by atoms with Gasteiger partial charge in [0.2, 0.25) is 10.0 Å². The molecule has 140 valence electrons. The number of hydrogen-bond acceptors (Lipinski definition) is 4. The van der Waals surface area contributed by atoms with E-state index >= 15 is 0 Å². The van der Waals surface area contributed by atoms with E-state index in [9.17, 15) is 13.2 Å². The van der Waals surface area contributed by atoms with Crippen molar-refractivity contribution in [2.45, 2.75) is 56.1 Å². The van der Waals surface area contributed by atoms with Crippen molar-refractivity contribution in [3.05, 3.63) is 46.6 Å². The Balaban J connectivity index is 1.51. The standard InChI is InChI=1S/C18H24N4O3S/c1-20(26(24,25)16-5-3-2-4-6-16)15-9-10-17-19-22(13-14-7-8-14)18(23)21(17)12-11-15/h2-6,14-15H,7-13H2,1H3. The molecule has 8 heteroatoms. The molecule has 2 aromatic rings. The topological polar surface area (TPSA) is 77.2 Å². The van der Waals surface area contributed by atoms with Gasteiger partial charge in [-0.05, 0) is 43.7 Å². The lowest BCUT2D eigenvalue weighted by Crippen LogP contribution is -2.37. The Hall–Kier alpha value is -1.93. The minimum atomic E-state index is -3.53. The van der Waals surface area contributed by atoms with E-state index < -0.39 is 10.0 Å². The molecule has 1 atom stereocenters. The van der Waals surface area contributed by atoms with E-state index in [1.54, 1.807) is 46.6 Å². The van der Waals surface area contributed by atoms with Crippen molar-refractivity contribution in [1.82, 2.24) is 18.7 Å². The Labute approximate surface area is 153 Å². The Bertz CT molecular complexity index is 945. The monoisotopic (exact) mass is 376 g/mol. The largest absolute Gasteiger partial charge is 0.345 e. The van der Waals surface area contributed by atoms with Crippen LogP contribution in [-0.2, 0) is 29.5 Å². The highest BCUT2D eigenvalue weighted by Gasteiger charge is 2.31. The lowest BCUT2D eigenvalue weighted by molar-refractivity contribution is 0.328. The number of hydrogen-bond donors (Lipinski definition) is 0. The highest BCUT2D eigenvalue weighted by Crippen LogP contribution is 2.30. The van der Waals surface area contributed by atoms with Gasteiger partial charge in [0.05, 0.1) is 4.90 Å². The van der Waals surface area contributed by atoms with Crippen molar-refractivity contribution >= 4 is 10.0 Å². The average molecular weight is 376 g/mol. The molecule has 1 saturated carbocycles. The molecule has 1 aliphatic heterocycles. The van der Waals surface area contributed by atoms with Gasteiger partial charge in [0.15, 0.2) is 0 Å². The SMILES string of the molecule is CN(C1CCc2nn(CC3CC3)c(=O)n2CC1)S(=O)(=O)c1ccccc1. The third-order valence-electron chi connectivity index (χ3n) is 5.45. The normalized spacial score (nSPS) is 20.8. The molecule has 1 aromatic carbocycles. The summed E-state index contributed by atoms with van der Waals surface area (Å²) in [6, 6.07) is 8.35. The summed E-state index contributed by atoms with van der Waals surface area (Å²) >= 11 is 0. The lowest BCUT2D eigenvalue weighted by Gasteiger charge is -2.26. The molecule has 0 N–H and O–H groups in total. The first kappa shape index (κ1) is 17.5. The summed E-state index contributed by atoms with van der Waals surface area (Å²) in [7, 11) is -1.90. The van der Waals surface area contributed by atoms with Gasteiger partial charge < -0.3 is 0 Å². The van der Waals surface area contributed by atoms with Gasteiger partial charge in [-0.2, -0.15) is 9.40 Å². The van der Waals surface area contributed by atoms with Crippen LogP contribution in [0, 0.1) is 5.92 Å². The van der Waals surface area contributed by atoms with Crippen LogP contribution in [0.1, 0.15) is 31.5 Å². The van der Waals surface area contributed by atoms with Crippen LogP contribution < -0.4 is 5.69 Å². The van der Waals surface area contributed by atoms with Crippen LogP contribution >= 0.6 is 0 Å². The molecule has 2 heterocycles. The number of aryl methyl sites for hydroxylation is 1. The number of nitrogens with zero attached hydrogens (tertiary/aromatic N) is 4. The second kappa shape index (κ2) is 6.66. The first-order chi connectivity index (χ1) is 12.5. The van der Waals surface area contributed by atoms with Gasteiger partial charge >= 0.3 is 5.69 Å². The van der Waals surface area contributed by atoms with Gasteiger partial charge in [-0.3, -0.25) is 4.57 Å². The van der Waals surface area contributed by atoms with Crippen LogP contribution in [-0.4, -0.2) is 40.2 Å². The summed E-state index contributed by atoms with van der Waals surface area (Å²) in [5, 5.41) is 4.50. The number of rotatable bonds is 5. The maximum atomic E-state index is 12.8. The van der Waals surface area contributed by atoms with Gasteiger partial charge in [0.25, 0.3) is 0 Å². The molecule has 1 unspecified atom stereocenters. The first-order valence-corrected chi connectivity index (χ1v) is 10.6. The maximum Gasteiger partial charge on any atom is 0.345 e. The predicted octanol–water partition coefficient (Wildman–Crippen LogP) is 1.48. The summed E-state index contributed by atoms with van der Waals surface area (Å²) < 4.78 is 30.5. The molecule has 0 radical (unpaired) electrons. The minimum Gasteiger partial charge on any atom is -0.279 e. The maximum absolute atomic E-state index is 12.8.